The standard InChI is InChI=1S/C18H17N3O4/c1-23-13-4-5-15-12(9-13)10-16(25-15)18(22)21-8-6-14(11-21)24-17-3-2-7-19-20-17/h2-5,7,9-10,14H,6,8,11H2,1H3/t14-/m0/s1. The van der Waals surface area contributed by atoms with Crippen LogP contribution in [0.2, 0.25) is 0 Å². The SMILES string of the molecule is COc1ccc2oc(C(=O)N3CC[C@H](Oc4cccnn4)C3)cc2c1. The summed E-state index contributed by atoms with van der Waals surface area (Å²) in [4.78, 5) is 14.4. The van der Waals surface area contributed by atoms with E-state index in [4.69, 9.17) is 13.9 Å². The van der Waals surface area contributed by atoms with E-state index >= 15 is 0 Å². The summed E-state index contributed by atoms with van der Waals surface area (Å²) >= 11 is 0. The van der Waals surface area contributed by atoms with Gasteiger partial charge in [0.2, 0.25) is 5.88 Å². The van der Waals surface area contributed by atoms with Crippen molar-refractivity contribution in [2.75, 3.05) is 20.2 Å². The summed E-state index contributed by atoms with van der Waals surface area (Å²) in [7, 11) is 1.61. The number of benzene rings is 1. The van der Waals surface area contributed by atoms with Gasteiger partial charge in [-0.1, -0.05) is 0 Å². The van der Waals surface area contributed by atoms with Gasteiger partial charge in [0.25, 0.3) is 5.91 Å². The molecule has 0 radical (unpaired) electrons. The topological polar surface area (TPSA) is 77.7 Å². The number of furan rings is 1. The lowest BCUT2D eigenvalue weighted by atomic mass is 10.2. The van der Waals surface area contributed by atoms with Gasteiger partial charge in [0.15, 0.2) is 5.76 Å². The van der Waals surface area contributed by atoms with Crippen LogP contribution in [0.25, 0.3) is 11.0 Å². The van der Waals surface area contributed by atoms with E-state index in [-0.39, 0.29) is 12.0 Å². The first-order chi connectivity index (χ1) is 12.2. The molecular formula is C18H17N3O4. The molecule has 0 unspecified atom stereocenters. The molecule has 4 rings (SSSR count). The van der Waals surface area contributed by atoms with E-state index in [0.717, 1.165) is 17.6 Å². The zero-order valence-corrected chi connectivity index (χ0v) is 13.7. The minimum Gasteiger partial charge on any atom is -0.497 e. The van der Waals surface area contributed by atoms with Crippen LogP contribution in [0.15, 0.2) is 47.0 Å². The lowest BCUT2D eigenvalue weighted by Crippen LogP contribution is -2.30. The van der Waals surface area contributed by atoms with Gasteiger partial charge in [-0.15, -0.1) is 5.10 Å². The Hall–Kier alpha value is -3.09. The number of rotatable bonds is 4. The van der Waals surface area contributed by atoms with Crippen LogP contribution in [0.4, 0.5) is 0 Å². The first kappa shape index (κ1) is 15.4. The fraction of sp³-hybridized carbons (Fsp3) is 0.278. The van der Waals surface area contributed by atoms with Crippen LogP contribution in [0, 0.1) is 0 Å². The summed E-state index contributed by atoms with van der Waals surface area (Å²) in [6.07, 6.45) is 2.25. The Morgan fingerprint density at radius 3 is 3.04 bits per heavy atom. The summed E-state index contributed by atoms with van der Waals surface area (Å²) in [6.45, 7) is 1.11. The average molecular weight is 339 g/mol. The largest absolute Gasteiger partial charge is 0.497 e. The number of ether oxygens (including phenoxy) is 2. The number of aromatic nitrogens is 2. The van der Waals surface area contributed by atoms with Crippen molar-refractivity contribution in [3.8, 4) is 11.6 Å². The molecule has 2 aromatic heterocycles. The van der Waals surface area contributed by atoms with Crippen molar-refractivity contribution in [2.24, 2.45) is 0 Å². The second kappa shape index (κ2) is 6.43. The Bertz CT molecular complexity index is 894. The van der Waals surface area contributed by atoms with Gasteiger partial charge in [-0.3, -0.25) is 4.79 Å². The summed E-state index contributed by atoms with van der Waals surface area (Å²) in [5, 5.41) is 8.54. The summed E-state index contributed by atoms with van der Waals surface area (Å²) in [5.74, 6) is 1.38. The number of carbonyl (C=O) groups is 1. The van der Waals surface area contributed by atoms with E-state index in [1.807, 2.05) is 6.07 Å². The van der Waals surface area contributed by atoms with Crippen LogP contribution in [0.3, 0.4) is 0 Å². The normalized spacial score (nSPS) is 17.0. The molecule has 1 aliphatic rings. The van der Waals surface area contributed by atoms with Gasteiger partial charge in [0, 0.05) is 30.6 Å². The zero-order chi connectivity index (χ0) is 17.2. The fourth-order valence-electron chi connectivity index (χ4n) is 2.94. The van der Waals surface area contributed by atoms with Crippen LogP contribution < -0.4 is 9.47 Å². The number of amides is 1. The molecule has 7 heteroatoms. The third-order valence-electron chi connectivity index (χ3n) is 4.20. The molecule has 1 aromatic carbocycles. The molecule has 1 aliphatic heterocycles. The molecule has 7 nitrogen and oxygen atoms in total. The summed E-state index contributed by atoms with van der Waals surface area (Å²) < 4.78 is 16.6. The van der Waals surface area contributed by atoms with E-state index in [9.17, 15) is 4.79 Å². The second-order valence-corrected chi connectivity index (χ2v) is 5.86. The number of carbonyl (C=O) groups excluding carboxylic acids is 1. The number of hydrogen-bond acceptors (Lipinski definition) is 6. The highest BCUT2D eigenvalue weighted by Gasteiger charge is 2.30. The van der Waals surface area contributed by atoms with Crippen molar-refractivity contribution < 1.29 is 18.7 Å². The maximum atomic E-state index is 12.7. The van der Waals surface area contributed by atoms with E-state index in [2.05, 4.69) is 10.2 Å². The van der Waals surface area contributed by atoms with Gasteiger partial charge < -0.3 is 18.8 Å². The molecular weight excluding hydrogens is 322 g/mol. The summed E-state index contributed by atoms with van der Waals surface area (Å²) in [6, 6.07) is 10.7. The van der Waals surface area contributed by atoms with Gasteiger partial charge in [0.1, 0.15) is 17.4 Å². The molecule has 1 atom stereocenters. The predicted molar refractivity (Wildman–Crippen MR) is 89.7 cm³/mol. The van der Waals surface area contributed by atoms with E-state index in [0.29, 0.717) is 30.3 Å². The summed E-state index contributed by atoms with van der Waals surface area (Å²) in [5.41, 5.74) is 0.663. The van der Waals surface area contributed by atoms with Crippen molar-refractivity contribution in [1.82, 2.24) is 15.1 Å². The van der Waals surface area contributed by atoms with E-state index in [1.54, 1.807) is 48.5 Å². The molecule has 1 amide bonds. The molecule has 1 saturated heterocycles. The highest BCUT2D eigenvalue weighted by Crippen LogP contribution is 2.26. The number of methoxy groups -OCH3 is 1. The minimum absolute atomic E-state index is 0.0925. The number of likely N-dealkylation sites (tertiary alicyclic amines) is 1. The first-order valence-corrected chi connectivity index (χ1v) is 8.04. The number of nitrogens with zero attached hydrogens (tertiary/aromatic N) is 3. The predicted octanol–water partition coefficient (Wildman–Crippen LogP) is 2.52. The van der Waals surface area contributed by atoms with Gasteiger partial charge in [-0.25, -0.2) is 0 Å². The van der Waals surface area contributed by atoms with Crippen LogP contribution in [0.5, 0.6) is 11.6 Å². The maximum Gasteiger partial charge on any atom is 0.289 e. The zero-order valence-electron chi connectivity index (χ0n) is 13.7. The van der Waals surface area contributed by atoms with Crippen molar-refractivity contribution in [1.29, 1.82) is 0 Å². The Morgan fingerprint density at radius 1 is 1.32 bits per heavy atom. The van der Waals surface area contributed by atoms with Gasteiger partial charge in [-0.2, -0.15) is 5.10 Å². The fourth-order valence-corrected chi connectivity index (χ4v) is 2.94. The van der Waals surface area contributed by atoms with Crippen molar-refractivity contribution >= 4 is 16.9 Å². The van der Waals surface area contributed by atoms with E-state index in [1.165, 1.54) is 0 Å². The molecule has 0 spiro atoms. The molecule has 25 heavy (non-hydrogen) atoms. The second-order valence-electron chi connectivity index (χ2n) is 5.86. The van der Waals surface area contributed by atoms with Gasteiger partial charge in [-0.05, 0) is 30.3 Å². The molecule has 0 N–H and O–H groups in total. The molecule has 3 heterocycles. The third kappa shape index (κ3) is 3.13. The monoisotopic (exact) mass is 339 g/mol. The van der Waals surface area contributed by atoms with Crippen LogP contribution in [-0.4, -0.2) is 47.3 Å². The molecule has 3 aromatic rings. The average Bonchev–Trinajstić information content (AvgIpc) is 3.28. The quantitative estimate of drug-likeness (QED) is 0.727. The lowest BCUT2D eigenvalue weighted by Gasteiger charge is -2.15. The maximum absolute atomic E-state index is 12.7. The molecule has 0 bridgehead atoms. The molecule has 0 saturated carbocycles. The van der Waals surface area contributed by atoms with Crippen LogP contribution >= 0.6 is 0 Å². The Balaban J connectivity index is 1.46. The molecule has 0 aliphatic carbocycles. The Morgan fingerprint density at radius 2 is 2.24 bits per heavy atom. The van der Waals surface area contributed by atoms with E-state index < -0.39 is 0 Å². The van der Waals surface area contributed by atoms with Crippen LogP contribution in [0.1, 0.15) is 17.0 Å². The highest BCUT2D eigenvalue weighted by atomic mass is 16.5. The number of fused-ring (bicyclic) bond motifs is 1. The van der Waals surface area contributed by atoms with Crippen molar-refractivity contribution in [3.05, 3.63) is 48.4 Å². The van der Waals surface area contributed by atoms with Crippen molar-refractivity contribution in [3.63, 3.8) is 0 Å². The van der Waals surface area contributed by atoms with Crippen molar-refractivity contribution in [2.45, 2.75) is 12.5 Å². The lowest BCUT2D eigenvalue weighted by molar-refractivity contribution is 0.0742. The number of hydrogen-bond donors (Lipinski definition) is 0. The third-order valence-corrected chi connectivity index (χ3v) is 4.20. The Labute approximate surface area is 144 Å². The highest BCUT2D eigenvalue weighted by molar-refractivity contribution is 5.96. The Kier molecular flexibility index (Phi) is 3.97. The molecule has 128 valence electrons. The van der Waals surface area contributed by atoms with Gasteiger partial charge in [0.05, 0.1) is 13.7 Å². The minimum atomic E-state index is -0.139. The smallest absolute Gasteiger partial charge is 0.289 e. The molecule has 1 fully saturated rings. The first-order valence-electron chi connectivity index (χ1n) is 8.04. The van der Waals surface area contributed by atoms with Gasteiger partial charge >= 0.3 is 0 Å². The van der Waals surface area contributed by atoms with Crippen LogP contribution in [-0.2, 0) is 0 Å².